The highest BCUT2D eigenvalue weighted by atomic mass is 35.5. The molecule has 7 heteroatoms. The average molecular weight is 376 g/mol. The van der Waals surface area contributed by atoms with E-state index < -0.39 is 0 Å². The molecule has 1 amide bonds. The van der Waals surface area contributed by atoms with Crippen molar-refractivity contribution >= 4 is 45.7 Å². The monoisotopic (exact) mass is 375 g/mol. The summed E-state index contributed by atoms with van der Waals surface area (Å²) in [7, 11) is 0. The second-order valence-corrected chi connectivity index (χ2v) is 6.20. The van der Waals surface area contributed by atoms with Gasteiger partial charge in [-0.3, -0.25) is 9.78 Å². The van der Waals surface area contributed by atoms with Crippen molar-refractivity contribution in [2.75, 3.05) is 10.6 Å². The lowest BCUT2D eigenvalue weighted by Gasteiger charge is -2.08. The van der Waals surface area contributed by atoms with Crippen LogP contribution in [0.5, 0.6) is 0 Å². The second-order valence-electron chi connectivity index (χ2n) is 5.77. The molecule has 0 radical (unpaired) electrons. The van der Waals surface area contributed by atoms with Crippen molar-refractivity contribution in [1.82, 2.24) is 15.0 Å². The van der Waals surface area contributed by atoms with Crippen LogP contribution in [0.1, 0.15) is 10.4 Å². The first-order chi connectivity index (χ1) is 13.2. The molecular formula is C20H14ClN5O. The van der Waals surface area contributed by atoms with Crippen molar-refractivity contribution in [3.05, 3.63) is 83.8 Å². The summed E-state index contributed by atoms with van der Waals surface area (Å²) in [6, 6.07) is 16.6. The van der Waals surface area contributed by atoms with Crippen LogP contribution < -0.4 is 10.6 Å². The molecule has 2 aromatic carbocycles. The van der Waals surface area contributed by atoms with Gasteiger partial charge in [0, 0.05) is 34.7 Å². The topological polar surface area (TPSA) is 79.8 Å². The Morgan fingerprint density at radius 1 is 0.926 bits per heavy atom. The summed E-state index contributed by atoms with van der Waals surface area (Å²) in [5.74, 6) is 0.0723. The smallest absolute Gasteiger partial charge is 0.258 e. The van der Waals surface area contributed by atoms with Gasteiger partial charge in [-0.1, -0.05) is 35.9 Å². The van der Waals surface area contributed by atoms with Gasteiger partial charge in [0.15, 0.2) is 0 Å². The number of anilines is 3. The average Bonchev–Trinajstić information content (AvgIpc) is 2.69. The number of amides is 1. The van der Waals surface area contributed by atoms with Gasteiger partial charge in [0.1, 0.15) is 0 Å². The lowest BCUT2D eigenvalue weighted by molar-refractivity contribution is 0.102. The van der Waals surface area contributed by atoms with E-state index in [2.05, 4.69) is 25.6 Å². The number of benzene rings is 2. The summed E-state index contributed by atoms with van der Waals surface area (Å²) in [5, 5.41) is 7.46. The van der Waals surface area contributed by atoms with Crippen molar-refractivity contribution in [1.29, 1.82) is 0 Å². The number of hydrogen-bond acceptors (Lipinski definition) is 5. The van der Waals surface area contributed by atoms with Crippen LogP contribution >= 0.6 is 11.6 Å². The number of para-hydroxylation sites is 1. The number of carbonyl (C=O) groups excluding carboxylic acids is 1. The van der Waals surface area contributed by atoms with Crippen LogP contribution in [-0.2, 0) is 0 Å². The summed E-state index contributed by atoms with van der Waals surface area (Å²) >= 11 is 5.92. The van der Waals surface area contributed by atoms with E-state index >= 15 is 0 Å². The van der Waals surface area contributed by atoms with Crippen LogP contribution in [0, 0.1) is 0 Å². The number of hydrogen-bond donors (Lipinski definition) is 2. The summed E-state index contributed by atoms with van der Waals surface area (Å²) in [4.78, 5) is 25.1. The molecule has 0 saturated heterocycles. The summed E-state index contributed by atoms with van der Waals surface area (Å²) in [5.41, 5.74) is 2.57. The summed E-state index contributed by atoms with van der Waals surface area (Å²) in [6.45, 7) is 0. The zero-order valence-electron chi connectivity index (χ0n) is 14.1. The van der Waals surface area contributed by atoms with Crippen LogP contribution in [0.4, 0.5) is 17.3 Å². The molecule has 27 heavy (non-hydrogen) atoms. The molecule has 4 rings (SSSR count). The molecular weight excluding hydrogens is 362 g/mol. The predicted molar refractivity (Wildman–Crippen MR) is 106 cm³/mol. The maximum absolute atomic E-state index is 12.3. The molecule has 6 nitrogen and oxygen atoms in total. The molecule has 0 spiro atoms. The van der Waals surface area contributed by atoms with Crippen LogP contribution in [0.25, 0.3) is 10.9 Å². The number of nitrogens with zero attached hydrogens (tertiary/aromatic N) is 3. The maximum Gasteiger partial charge on any atom is 0.258 e. The van der Waals surface area contributed by atoms with Gasteiger partial charge < -0.3 is 10.6 Å². The van der Waals surface area contributed by atoms with Crippen molar-refractivity contribution in [3.8, 4) is 0 Å². The summed E-state index contributed by atoms with van der Waals surface area (Å²) < 4.78 is 0. The standard InChI is InChI=1S/C20H14ClN5O/c21-15-6-2-7-16(10-15)25-19(27)14-11-23-20(24-12-14)26-17-8-1-4-13-5-3-9-22-18(13)17/h1-12H,(H,25,27)(H,23,24,26). The van der Waals surface area contributed by atoms with Gasteiger partial charge in [-0.15, -0.1) is 0 Å². The van der Waals surface area contributed by atoms with Crippen molar-refractivity contribution in [2.24, 2.45) is 0 Å². The van der Waals surface area contributed by atoms with Crippen LogP contribution in [0.3, 0.4) is 0 Å². The fourth-order valence-electron chi connectivity index (χ4n) is 2.60. The quantitative estimate of drug-likeness (QED) is 0.541. The van der Waals surface area contributed by atoms with Crippen molar-refractivity contribution < 1.29 is 4.79 Å². The Hall–Kier alpha value is -3.51. The molecule has 0 atom stereocenters. The van der Waals surface area contributed by atoms with E-state index in [0.29, 0.717) is 22.2 Å². The highest BCUT2D eigenvalue weighted by Crippen LogP contribution is 2.23. The van der Waals surface area contributed by atoms with E-state index in [1.165, 1.54) is 12.4 Å². The number of aromatic nitrogens is 3. The number of pyridine rings is 1. The minimum absolute atomic E-state index is 0.310. The molecule has 0 aliphatic heterocycles. The van der Waals surface area contributed by atoms with Gasteiger partial charge in [-0.05, 0) is 30.3 Å². The number of carbonyl (C=O) groups is 1. The Kier molecular flexibility index (Phi) is 4.63. The Morgan fingerprint density at radius 2 is 1.70 bits per heavy atom. The first-order valence-corrected chi connectivity index (χ1v) is 8.56. The molecule has 2 N–H and O–H groups in total. The highest BCUT2D eigenvalue weighted by Gasteiger charge is 2.09. The van der Waals surface area contributed by atoms with Gasteiger partial charge in [-0.25, -0.2) is 9.97 Å². The normalized spacial score (nSPS) is 10.6. The first-order valence-electron chi connectivity index (χ1n) is 8.19. The Labute approximate surface area is 160 Å². The molecule has 132 valence electrons. The molecule has 0 unspecified atom stereocenters. The van der Waals surface area contributed by atoms with Crippen molar-refractivity contribution in [2.45, 2.75) is 0 Å². The van der Waals surface area contributed by atoms with E-state index in [1.54, 1.807) is 30.5 Å². The number of rotatable bonds is 4. The lowest BCUT2D eigenvalue weighted by Crippen LogP contribution is -2.13. The zero-order chi connectivity index (χ0) is 18.6. The molecule has 0 fully saturated rings. The van der Waals surface area contributed by atoms with Gasteiger partial charge in [0.05, 0.1) is 16.8 Å². The number of fused-ring (bicyclic) bond motifs is 1. The van der Waals surface area contributed by atoms with E-state index in [4.69, 9.17) is 11.6 Å². The third-order valence-electron chi connectivity index (χ3n) is 3.88. The van der Waals surface area contributed by atoms with Crippen LogP contribution in [0.2, 0.25) is 5.02 Å². The van der Waals surface area contributed by atoms with Crippen LogP contribution in [0.15, 0.2) is 73.2 Å². The Morgan fingerprint density at radius 3 is 2.52 bits per heavy atom. The van der Waals surface area contributed by atoms with E-state index in [-0.39, 0.29) is 5.91 Å². The largest absolute Gasteiger partial charge is 0.322 e. The van der Waals surface area contributed by atoms with Crippen LogP contribution in [-0.4, -0.2) is 20.9 Å². The minimum Gasteiger partial charge on any atom is -0.322 e. The molecule has 0 saturated carbocycles. The first kappa shape index (κ1) is 16.9. The third-order valence-corrected chi connectivity index (χ3v) is 4.11. The molecule has 2 heterocycles. The second kappa shape index (κ2) is 7.39. The highest BCUT2D eigenvalue weighted by molar-refractivity contribution is 6.31. The van der Waals surface area contributed by atoms with Gasteiger partial charge in [0.2, 0.25) is 5.95 Å². The van der Waals surface area contributed by atoms with Gasteiger partial charge in [-0.2, -0.15) is 0 Å². The van der Waals surface area contributed by atoms with E-state index in [1.807, 2.05) is 30.3 Å². The summed E-state index contributed by atoms with van der Waals surface area (Å²) in [6.07, 6.45) is 4.67. The van der Waals surface area contributed by atoms with Gasteiger partial charge in [0.25, 0.3) is 5.91 Å². The Balaban J connectivity index is 1.51. The SMILES string of the molecule is O=C(Nc1cccc(Cl)c1)c1cnc(Nc2cccc3cccnc23)nc1. The lowest BCUT2D eigenvalue weighted by atomic mass is 10.2. The molecule has 0 bridgehead atoms. The van der Waals surface area contributed by atoms with E-state index in [9.17, 15) is 4.79 Å². The van der Waals surface area contributed by atoms with E-state index in [0.717, 1.165) is 16.6 Å². The fraction of sp³-hybridized carbons (Fsp3) is 0. The molecule has 4 aromatic rings. The Bertz CT molecular complexity index is 1110. The zero-order valence-corrected chi connectivity index (χ0v) is 14.8. The fourth-order valence-corrected chi connectivity index (χ4v) is 2.80. The van der Waals surface area contributed by atoms with Crippen molar-refractivity contribution in [3.63, 3.8) is 0 Å². The third kappa shape index (κ3) is 3.86. The van der Waals surface area contributed by atoms with Gasteiger partial charge >= 0.3 is 0 Å². The molecule has 2 aromatic heterocycles. The number of nitrogens with one attached hydrogen (secondary N) is 2. The predicted octanol–water partition coefficient (Wildman–Crippen LogP) is 4.67. The minimum atomic E-state index is -0.310. The molecule has 0 aliphatic carbocycles. The maximum atomic E-state index is 12.3. The number of halogens is 1. The molecule has 0 aliphatic rings.